The lowest BCUT2D eigenvalue weighted by molar-refractivity contribution is 0.680. The van der Waals surface area contributed by atoms with Crippen molar-refractivity contribution in [1.29, 1.82) is 0 Å². The van der Waals surface area contributed by atoms with Crippen LogP contribution in [-0.4, -0.2) is 30.7 Å². The number of hydrogen-bond donors (Lipinski definition) is 1. The third-order valence-electron chi connectivity index (χ3n) is 4.22. The molecule has 1 saturated carbocycles. The van der Waals surface area contributed by atoms with Crippen LogP contribution >= 0.6 is 0 Å². The molecule has 2 aromatic heterocycles. The van der Waals surface area contributed by atoms with E-state index in [0.717, 1.165) is 46.6 Å². The topological polar surface area (TPSA) is 80.1 Å². The van der Waals surface area contributed by atoms with Gasteiger partial charge in [-0.15, -0.1) is 0 Å². The molecule has 1 atom stereocenters. The van der Waals surface area contributed by atoms with Gasteiger partial charge in [0.1, 0.15) is 11.6 Å². The van der Waals surface area contributed by atoms with Gasteiger partial charge in [-0.05, 0) is 49.4 Å². The van der Waals surface area contributed by atoms with E-state index < -0.39 is 9.73 Å². The van der Waals surface area contributed by atoms with Gasteiger partial charge in [0.05, 0.1) is 33.5 Å². The minimum atomic E-state index is -2.14. The minimum absolute atomic E-state index is 0.249. The first kappa shape index (κ1) is 16.0. The van der Waals surface area contributed by atoms with Gasteiger partial charge in [-0.25, -0.2) is 19.2 Å². The van der Waals surface area contributed by atoms with E-state index in [1.165, 1.54) is 0 Å². The maximum absolute atomic E-state index is 12.6. The molecule has 6 nitrogen and oxygen atoms in total. The fourth-order valence-corrected chi connectivity index (χ4v) is 4.40. The normalized spacial score (nSPS) is 16.4. The summed E-state index contributed by atoms with van der Waals surface area (Å²) in [5, 5.41) is 5.46. The number of nitrogens with one attached hydrogen (secondary N) is 1. The van der Waals surface area contributed by atoms with Gasteiger partial charge in [-0.3, -0.25) is 0 Å². The van der Waals surface area contributed by atoms with Gasteiger partial charge in [0.25, 0.3) is 0 Å². The van der Waals surface area contributed by atoms with Crippen LogP contribution < -0.4 is 5.32 Å². The Morgan fingerprint density at radius 2 is 1.92 bits per heavy atom. The number of fused-ring (bicyclic) bond motifs is 1. The monoisotopic (exact) mass is 353 g/mol. The third kappa shape index (κ3) is 3.46. The highest BCUT2D eigenvalue weighted by atomic mass is 32.2. The zero-order valence-electron chi connectivity index (χ0n) is 14.1. The second-order valence-corrected chi connectivity index (χ2v) is 8.93. The van der Waals surface area contributed by atoms with Crippen LogP contribution in [0.5, 0.6) is 0 Å². The molecule has 1 aliphatic rings. The SMILES string of the molecule is Cc1ncc(Nc2nccc3cc(N=S(C)(=O)C4CC4)ccc23)cn1. The van der Waals surface area contributed by atoms with Crippen molar-refractivity contribution in [1.82, 2.24) is 15.0 Å². The summed E-state index contributed by atoms with van der Waals surface area (Å²) in [7, 11) is -2.14. The quantitative estimate of drug-likeness (QED) is 0.768. The van der Waals surface area contributed by atoms with Crippen LogP contribution in [0.15, 0.2) is 47.2 Å². The van der Waals surface area contributed by atoms with Crippen LogP contribution in [-0.2, 0) is 9.73 Å². The minimum Gasteiger partial charge on any atom is -0.337 e. The number of hydrogen-bond acceptors (Lipinski definition) is 6. The average molecular weight is 353 g/mol. The Hall–Kier alpha value is -2.54. The maximum atomic E-state index is 12.6. The number of benzene rings is 1. The van der Waals surface area contributed by atoms with Crippen molar-refractivity contribution in [2.24, 2.45) is 4.36 Å². The van der Waals surface area contributed by atoms with Crippen molar-refractivity contribution < 1.29 is 4.21 Å². The Labute approximate surface area is 146 Å². The molecule has 2 heterocycles. The lowest BCUT2D eigenvalue weighted by Crippen LogP contribution is -2.02. The summed E-state index contributed by atoms with van der Waals surface area (Å²) in [5.74, 6) is 1.46. The molecule has 25 heavy (non-hydrogen) atoms. The van der Waals surface area contributed by atoms with E-state index in [2.05, 4.69) is 24.6 Å². The molecule has 1 aliphatic carbocycles. The largest absolute Gasteiger partial charge is 0.337 e. The second-order valence-electron chi connectivity index (χ2n) is 6.36. The number of anilines is 2. The van der Waals surface area contributed by atoms with Crippen LogP contribution in [0.1, 0.15) is 18.7 Å². The predicted molar refractivity (Wildman–Crippen MR) is 101 cm³/mol. The zero-order chi connectivity index (χ0) is 17.4. The Balaban J connectivity index is 1.70. The standard InChI is InChI=1S/C18H19N5OS/c1-12-20-10-15(11-21-12)22-18-17-6-3-14(9-13(17)7-8-19-18)23-25(2,24)16-4-5-16/h3,6-11,16H,4-5H2,1-2H3,(H,19,22). The fraction of sp³-hybridized carbons (Fsp3) is 0.278. The second kappa shape index (κ2) is 6.07. The molecule has 3 aromatic rings. The molecular weight excluding hydrogens is 334 g/mol. The zero-order valence-corrected chi connectivity index (χ0v) is 15.0. The van der Waals surface area contributed by atoms with Crippen molar-refractivity contribution in [3.63, 3.8) is 0 Å². The van der Waals surface area contributed by atoms with E-state index in [9.17, 15) is 4.21 Å². The van der Waals surface area contributed by atoms with E-state index in [1.54, 1.807) is 24.8 Å². The van der Waals surface area contributed by atoms with Crippen molar-refractivity contribution in [3.8, 4) is 0 Å². The van der Waals surface area contributed by atoms with Crippen LogP contribution in [0.4, 0.5) is 17.2 Å². The van der Waals surface area contributed by atoms with Gasteiger partial charge < -0.3 is 5.32 Å². The first-order valence-electron chi connectivity index (χ1n) is 8.17. The van der Waals surface area contributed by atoms with Crippen LogP contribution in [0.2, 0.25) is 0 Å². The van der Waals surface area contributed by atoms with Gasteiger partial charge in [0.15, 0.2) is 0 Å². The first-order valence-corrected chi connectivity index (χ1v) is 10.2. The smallest absolute Gasteiger partial charge is 0.138 e. The molecule has 7 heteroatoms. The fourth-order valence-electron chi connectivity index (χ4n) is 2.70. The average Bonchev–Trinajstić information content (AvgIpc) is 3.42. The van der Waals surface area contributed by atoms with E-state index in [1.807, 2.05) is 31.2 Å². The van der Waals surface area contributed by atoms with Crippen molar-refractivity contribution >= 4 is 37.7 Å². The Morgan fingerprint density at radius 3 is 2.64 bits per heavy atom. The predicted octanol–water partition coefficient (Wildman–Crippen LogP) is 3.97. The van der Waals surface area contributed by atoms with E-state index in [4.69, 9.17) is 0 Å². The number of pyridine rings is 1. The summed E-state index contributed by atoms with van der Waals surface area (Å²) in [4.78, 5) is 12.8. The van der Waals surface area contributed by atoms with E-state index in [0.29, 0.717) is 0 Å². The molecule has 128 valence electrons. The maximum Gasteiger partial charge on any atom is 0.138 e. The highest BCUT2D eigenvalue weighted by molar-refractivity contribution is 7.93. The molecule has 0 radical (unpaired) electrons. The van der Waals surface area contributed by atoms with Crippen LogP contribution in [0.25, 0.3) is 10.8 Å². The Bertz CT molecular complexity index is 1050. The molecule has 1 aromatic carbocycles. The lowest BCUT2D eigenvalue weighted by atomic mass is 10.1. The van der Waals surface area contributed by atoms with Crippen molar-refractivity contribution in [2.45, 2.75) is 25.0 Å². The van der Waals surface area contributed by atoms with Crippen LogP contribution in [0.3, 0.4) is 0 Å². The highest BCUT2D eigenvalue weighted by Crippen LogP contribution is 2.33. The first-order chi connectivity index (χ1) is 12.0. The number of rotatable bonds is 4. The van der Waals surface area contributed by atoms with Crippen molar-refractivity contribution in [2.75, 3.05) is 11.6 Å². The van der Waals surface area contributed by atoms with Gasteiger partial charge in [0.2, 0.25) is 0 Å². The summed E-state index contributed by atoms with van der Waals surface area (Å²) < 4.78 is 17.1. The molecule has 1 fully saturated rings. The molecule has 0 bridgehead atoms. The lowest BCUT2D eigenvalue weighted by Gasteiger charge is -2.09. The number of aryl methyl sites for hydroxylation is 1. The highest BCUT2D eigenvalue weighted by Gasteiger charge is 2.30. The summed E-state index contributed by atoms with van der Waals surface area (Å²) >= 11 is 0. The van der Waals surface area contributed by atoms with Crippen molar-refractivity contribution in [3.05, 3.63) is 48.7 Å². The Morgan fingerprint density at radius 1 is 1.16 bits per heavy atom. The van der Waals surface area contributed by atoms with E-state index >= 15 is 0 Å². The Kier molecular flexibility index (Phi) is 3.88. The summed E-state index contributed by atoms with van der Waals surface area (Å²) in [6.07, 6.45) is 8.99. The molecule has 1 N–H and O–H groups in total. The molecule has 0 amide bonds. The molecule has 0 aliphatic heterocycles. The third-order valence-corrected chi connectivity index (χ3v) is 6.50. The van der Waals surface area contributed by atoms with Gasteiger partial charge in [-0.2, -0.15) is 4.36 Å². The van der Waals surface area contributed by atoms with Gasteiger partial charge in [0, 0.05) is 23.1 Å². The summed E-state index contributed by atoms with van der Waals surface area (Å²) in [6.45, 7) is 1.85. The van der Waals surface area contributed by atoms with Gasteiger partial charge in [-0.1, -0.05) is 0 Å². The molecule has 1 unspecified atom stereocenters. The molecule has 4 rings (SSSR count). The van der Waals surface area contributed by atoms with Gasteiger partial charge >= 0.3 is 0 Å². The summed E-state index contributed by atoms with van der Waals surface area (Å²) in [5.41, 5.74) is 1.53. The number of aromatic nitrogens is 3. The van der Waals surface area contributed by atoms with E-state index in [-0.39, 0.29) is 5.25 Å². The molecule has 0 saturated heterocycles. The van der Waals surface area contributed by atoms with Crippen LogP contribution in [0, 0.1) is 6.92 Å². The number of nitrogens with zero attached hydrogens (tertiary/aromatic N) is 4. The molecular formula is C18H19N5OS. The summed E-state index contributed by atoms with van der Waals surface area (Å²) in [6, 6.07) is 7.74. The molecule has 0 spiro atoms.